The molecule has 0 aliphatic heterocycles. The second kappa shape index (κ2) is 11.9. The summed E-state index contributed by atoms with van der Waals surface area (Å²) >= 11 is 0. The first-order valence-corrected chi connectivity index (χ1v) is 20.8. The lowest BCUT2D eigenvalue weighted by molar-refractivity contribution is 0.661. The first-order valence-electron chi connectivity index (χ1n) is 20.8. The lowest BCUT2D eigenvalue weighted by Gasteiger charge is -2.23. The van der Waals surface area contributed by atoms with Crippen LogP contribution in [0.5, 0.6) is 0 Å². The van der Waals surface area contributed by atoms with E-state index in [1.807, 2.05) is 0 Å². The van der Waals surface area contributed by atoms with Crippen LogP contribution in [0.15, 0.2) is 194 Å². The molecule has 12 aromatic carbocycles. The molecule has 0 nitrogen and oxygen atoms in total. The summed E-state index contributed by atoms with van der Waals surface area (Å²) in [5.74, 6) is 0. The molecule has 0 radical (unpaired) electrons. The molecule has 0 N–H and O–H groups in total. The molecular formula is C59H38. The van der Waals surface area contributed by atoms with E-state index in [9.17, 15) is 0 Å². The molecule has 0 saturated carbocycles. The van der Waals surface area contributed by atoms with Crippen LogP contribution in [-0.4, -0.2) is 0 Å². The van der Waals surface area contributed by atoms with Crippen LogP contribution in [0, 0.1) is 0 Å². The average Bonchev–Trinajstić information content (AvgIpc) is 3.52. The lowest BCUT2D eigenvalue weighted by atomic mass is 9.80. The number of benzene rings is 12. The van der Waals surface area contributed by atoms with Crippen LogP contribution in [0.4, 0.5) is 0 Å². The summed E-state index contributed by atoms with van der Waals surface area (Å²) in [6.07, 6.45) is 0. The van der Waals surface area contributed by atoms with E-state index >= 15 is 0 Å². The van der Waals surface area contributed by atoms with E-state index in [2.05, 4.69) is 208 Å². The second-order valence-electron chi connectivity index (χ2n) is 17.2. The van der Waals surface area contributed by atoms with E-state index in [1.165, 1.54) is 131 Å². The van der Waals surface area contributed by atoms with Crippen LogP contribution in [-0.2, 0) is 5.41 Å². The van der Waals surface area contributed by atoms with Crippen LogP contribution >= 0.6 is 0 Å². The maximum atomic E-state index is 2.46. The van der Waals surface area contributed by atoms with E-state index in [1.54, 1.807) is 0 Å². The highest BCUT2D eigenvalue weighted by Gasteiger charge is 2.36. The zero-order valence-corrected chi connectivity index (χ0v) is 33.0. The molecule has 0 aromatic heterocycles. The molecular weight excluding hydrogens is 709 g/mol. The van der Waals surface area contributed by atoms with Crippen LogP contribution in [0.2, 0.25) is 0 Å². The molecule has 0 spiro atoms. The highest BCUT2D eigenvalue weighted by molar-refractivity contribution is 6.26. The molecule has 13 rings (SSSR count). The van der Waals surface area contributed by atoms with Crippen LogP contribution in [0.1, 0.15) is 25.0 Å². The van der Waals surface area contributed by atoms with Gasteiger partial charge in [-0.1, -0.05) is 196 Å². The fourth-order valence-corrected chi connectivity index (χ4v) is 10.8. The van der Waals surface area contributed by atoms with E-state index in [-0.39, 0.29) is 5.41 Å². The Morgan fingerprint density at radius 3 is 1.07 bits per heavy atom. The molecule has 0 atom stereocenters. The van der Waals surface area contributed by atoms with E-state index < -0.39 is 0 Å². The summed E-state index contributed by atoms with van der Waals surface area (Å²) in [5, 5.41) is 15.9. The Bertz CT molecular complexity index is 3620. The Morgan fingerprint density at radius 1 is 0.254 bits per heavy atom. The van der Waals surface area contributed by atoms with Gasteiger partial charge in [0.1, 0.15) is 0 Å². The summed E-state index contributed by atoms with van der Waals surface area (Å²) in [6.45, 7) is 4.79. The van der Waals surface area contributed by atoms with Gasteiger partial charge in [-0.3, -0.25) is 0 Å². The zero-order chi connectivity index (χ0) is 39.0. The third-order valence-corrected chi connectivity index (χ3v) is 13.8. The molecule has 0 heteroatoms. The second-order valence-corrected chi connectivity index (χ2v) is 17.2. The number of hydrogen-bond donors (Lipinski definition) is 0. The largest absolute Gasteiger partial charge is 0.0610 e. The highest BCUT2D eigenvalue weighted by Crippen LogP contribution is 2.51. The monoisotopic (exact) mass is 746 g/mol. The fourth-order valence-electron chi connectivity index (χ4n) is 10.8. The molecule has 0 saturated heterocycles. The van der Waals surface area contributed by atoms with Gasteiger partial charge in [0.05, 0.1) is 0 Å². The molecule has 0 bridgehead atoms. The number of hydrogen-bond acceptors (Lipinski definition) is 0. The minimum atomic E-state index is -0.128. The third-order valence-electron chi connectivity index (χ3n) is 13.8. The lowest BCUT2D eigenvalue weighted by Crippen LogP contribution is -2.15. The molecule has 59 heavy (non-hydrogen) atoms. The van der Waals surface area contributed by atoms with Gasteiger partial charge in [0, 0.05) is 5.41 Å². The SMILES string of the molecule is CC1(C)c2cc(-c3ccc(-c4ccc(-c5ccc6ccc7cccc8ccc5c6c78)cc4)cc3)ccc2-c2ccc(-c3ccc4ccc5cccc6ccc3c4c56)cc21. The summed E-state index contributed by atoms with van der Waals surface area (Å²) in [4.78, 5) is 0. The third kappa shape index (κ3) is 4.66. The molecule has 274 valence electrons. The summed E-state index contributed by atoms with van der Waals surface area (Å²) < 4.78 is 0. The molecule has 0 heterocycles. The average molecular weight is 747 g/mol. The molecule has 1 aliphatic rings. The predicted octanol–water partition coefficient (Wildman–Crippen LogP) is 16.5. The van der Waals surface area contributed by atoms with Gasteiger partial charge in [-0.15, -0.1) is 0 Å². The topological polar surface area (TPSA) is 0 Å². The summed E-state index contributed by atoms with van der Waals surface area (Å²) in [5.41, 5.74) is 15.4. The van der Waals surface area contributed by atoms with Crippen molar-refractivity contribution in [2.45, 2.75) is 19.3 Å². The van der Waals surface area contributed by atoms with Crippen LogP contribution < -0.4 is 0 Å². The van der Waals surface area contributed by atoms with Crippen LogP contribution in [0.3, 0.4) is 0 Å². The minimum absolute atomic E-state index is 0.128. The molecule has 0 amide bonds. The summed E-state index contributed by atoms with van der Waals surface area (Å²) in [7, 11) is 0. The molecule has 12 aromatic rings. The van der Waals surface area contributed by atoms with Crippen molar-refractivity contribution in [3.63, 3.8) is 0 Å². The Balaban J connectivity index is 0.809. The van der Waals surface area contributed by atoms with Gasteiger partial charge in [0.25, 0.3) is 0 Å². The Kier molecular flexibility index (Phi) is 6.60. The van der Waals surface area contributed by atoms with Crippen molar-refractivity contribution in [3.8, 4) is 55.6 Å². The van der Waals surface area contributed by atoms with E-state index in [4.69, 9.17) is 0 Å². The van der Waals surface area contributed by atoms with Crippen molar-refractivity contribution >= 4 is 64.6 Å². The Labute approximate surface area is 343 Å². The van der Waals surface area contributed by atoms with Gasteiger partial charge in [-0.2, -0.15) is 0 Å². The maximum absolute atomic E-state index is 2.46. The fraction of sp³-hybridized carbons (Fsp3) is 0.0508. The summed E-state index contributed by atoms with van der Waals surface area (Å²) in [6, 6.07) is 73.1. The number of fused-ring (bicyclic) bond motifs is 3. The Morgan fingerprint density at radius 2 is 0.576 bits per heavy atom. The van der Waals surface area contributed by atoms with Crippen LogP contribution in [0.25, 0.3) is 120 Å². The first kappa shape index (κ1) is 32.8. The van der Waals surface area contributed by atoms with Crippen molar-refractivity contribution in [2.24, 2.45) is 0 Å². The van der Waals surface area contributed by atoms with Crippen molar-refractivity contribution < 1.29 is 0 Å². The van der Waals surface area contributed by atoms with Crippen molar-refractivity contribution in [3.05, 3.63) is 205 Å². The zero-order valence-electron chi connectivity index (χ0n) is 33.0. The predicted molar refractivity (Wildman–Crippen MR) is 253 cm³/mol. The molecule has 1 aliphatic carbocycles. The smallest absolute Gasteiger partial charge is 0.0159 e. The van der Waals surface area contributed by atoms with Crippen molar-refractivity contribution in [2.75, 3.05) is 0 Å². The number of rotatable bonds is 4. The van der Waals surface area contributed by atoms with Gasteiger partial charge in [0.15, 0.2) is 0 Å². The Hall–Kier alpha value is -7.28. The van der Waals surface area contributed by atoms with Gasteiger partial charge >= 0.3 is 0 Å². The maximum Gasteiger partial charge on any atom is 0.0159 e. The minimum Gasteiger partial charge on any atom is -0.0610 e. The van der Waals surface area contributed by atoms with Gasteiger partial charge in [0.2, 0.25) is 0 Å². The first-order chi connectivity index (χ1) is 29.0. The van der Waals surface area contributed by atoms with Crippen molar-refractivity contribution in [1.29, 1.82) is 0 Å². The standard InChI is InChI=1S/C59H38/c1-59(2)53-33-45(25-29-49(53)50-30-26-46(34-54(50)59)48-28-22-44-20-18-40-6-4-8-42-24-32-52(48)58(44)56(40)42)37-11-9-35(10-12-37)36-13-15-38(16-14-36)47-27-21-43-19-17-39-5-3-7-41-23-31-51(47)57(43)55(39)41/h3-34H,1-2H3. The van der Waals surface area contributed by atoms with Crippen molar-refractivity contribution in [1.82, 2.24) is 0 Å². The van der Waals surface area contributed by atoms with Gasteiger partial charge in [-0.25, -0.2) is 0 Å². The molecule has 0 fully saturated rings. The normalized spacial score (nSPS) is 13.4. The van der Waals surface area contributed by atoms with Gasteiger partial charge < -0.3 is 0 Å². The van der Waals surface area contributed by atoms with Gasteiger partial charge in [-0.05, 0) is 144 Å². The quantitative estimate of drug-likeness (QED) is 0.157. The molecule has 0 unspecified atom stereocenters. The van der Waals surface area contributed by atoms with E-state index in [0.717, 1.165) is 0 Å². The van der Waals surface area contributed by atoms with E-state index in [0.29, 0.717) is 0 Å². The highest BCUT2D eigenvalue weighted by atomic mass is 14.4.